The molecule has 0 bridgehead atoms. The summed E-state index contributed by atoms with van der Waals surface area (Å²) >= 11 is 0. The Balaban J connectivity index is 2.18. The molecule has 0 spiro atoms. The van der Waals surface area contributed by atoms with Crippen LogP contribution in [0.15, 0.2) is 24.3 Å². The van der Waals surface area contributed by atoms with Crippen LogP contribution in [0.4, 0.5) is 5.69 Å². The molecule has 23 heavy (non-hydrogen) atoms. The highest BCUT2D eigenvalue weighted by Crippen LogP contribution is 2.17. The molecule has 1 rings (SSSR count). The standard InChI is InChI=1S/C19H32N2O2/c1-4-6-7-8-9-14-20-15-19(22)21-17-10-12-18(13-11-17)23-16(3)5-2/h10-13,16,20H,4-9,14-15H2,1-3H3,(H,21,22). The van der Waals surface area contributed by atoms with E-state index in [1.165, 1.54) is 25.7 Å². The number of carbonyl (C=O) groups excluding carboxylic acids is 1. The molecule has 1 aromatic carbocycles. The Kier molecular flexibility index (Phi) is 10.1. The first-order chi connectivity index (χ1) is 11.2. The van der Waals surface area contributed by atoms with Crippen LogP contribution in [-0.4, -0.2) is 25.1 Å². The van der Waals surface area contributed by atoms with Gasteiger partial charge in [0.1, 0.15) is 5.75 Å². The highest BCUT2D eigenvalue weighted by atomic mass is 16.5. The molecular formula is C19H32N2O2. The van der Waals surface area contributed by atoms with Crippen molar-refractivity contribution in [2.24, 2.45) is 0 Å². The summed E-state index contributed by atoms with van der Waals surface area (Å²) in [6.07, 6.45) is 7.40. The summed E-state index contributed by atoms with van der Waals surface area (Å²) in [6, 6.07) is 7.53. The van der Waals surface area contributed by atoms with Crippen LogP contribution < -0.4 is 15.4 Å². The van der Waals surface area contributed by atoms with Gasteiger partial charge in [-0.2, -0.15) is 0 Å². The van der Waals surface area contributed by atoms with E-state index in [2.05, 4.69) is 24.5 Å². The molecule has 0 saturated carbocycles. The molecule has 0 radical (unpaired) electrons. The largest absolute Gasteiger partial charge is 0.491 e. The van der Waals surface area contributed by atoms with Crippen molar-refractivity contribution in [1.82, 2.24) is 5.32 Å². The molecule has 0 fully saturated rings. The maximum absolute atomic E-state index is 11.9. The van der Waals surface area contributed by atoms with Gasteiger partial charge in [-0.1, -0.05) is 39.5 Å². The van der Waals surface area contributed by atoms with Crippen LogP contribution in [0.3, 0.4) is 0 Å². The SMILES string of the molecule is CCCCCCCNCC(=O)Nc1ccc(OC(C)CC)cc1. The van der Waals surface area contributed by atoms with Crippen LogP contribution >= 0.6 is 0 Å². The van der Waals surface area contributed by atoms with Crippen molar-refractivity contribution < 1.29 is 9.53 Å². The topological polar surface area (TPSA) is 50.4 Å². The van der Waals surface area contributed by atoms with Gasteiger partial charge in [-0.3, -0.25) is 4.79 Å². The minimum absolute atomic E-state index is 0.00541. The highest BCUT2D eigenvalue weighted by Gasteiger charge is 2.04. The van der Waals surface area contributed by atoms with Crippen molar-refractivity contribution in [2.75, 3.05) is 18.4 Å². The molecule has 4 heteroatoms. The third kappa shape index (κ3) is 9.24. The third-order valence-electron chi connectivity index (χ3n) is 3.79. The smallest absolute Gasteiger partial charge is 0.238 e. The van der Waals surface area contributed by atoms with Gasteiger partial charge in [0.15, 0.2) is 0 Å². The van der Waals surface area contributed by atoms with Gasteiger partial charge in [0.2, 0.25) is 5.91 Å². The average Bonchev–Trinajstić information content (AvgIpc) is 2.55. The van der Waals surface area contributed by atoms with Crippen molar-refractivity contribution in [1.29, 1.82) is 0 Å². The van der Waals surface area contributed by atoms with Crippen molar-refractivity contribution in [2.45, 2.75) is 65.4 Å². The van der Waals surface area contributed by atoms with Crippen molar-refractivity contribution in [3.05, 3.63) is 24.3 Å². The molecule has 0 aliphatic heterocycles. The monoisotopic (exact) mass is 320 g/mol. The summed E-state index contributed by atoms with van der Waals surface area (Å²) in [5.74, 6) is 0.830. The van der Waals surface area contributed by atoms with E-state index in [0.29, 0.717) is 6.54 Å². The number of ether oxygens (including phenoxy) is 1. The molecule has 0 saturated heterocycles. The molecule has 1 aromatic rings. The van der Waals surface area contributed by atoms with E-state index in [0.717, 1.165) is 30.8 Å². The number of hydrogen-bond donors (Lipinski definition) is 2. The molecule has 0 aliphatic carbocycles. The molecule has 1 atom stereocenters. The molecular weight excluding hydrogens is 288 g/mol. The Morgan fingerprint density at radius 1 is 1.09 bits per heavy atom. The molecule has 130 valence electrons. The lowest BCUT2D eigenvalue weighted by Crippen LogP contribution is -2.28. The van der Waals surface area contributed by atoms with E-state index in [4.69, 9.17) is 4.74 Å². The molecule has 0 aliphatic rings. The zero-order valence-electron chi connectivity index (χ0n) is 14.9. The van der Waals surface area contributed by atoms with Gasteiger partial charge in [-0.15, -0.1) is 0 Å². The predicted octanol–water partition coefficient (Wildman–Crippen LogP) is 4.36. The number of rotatable bonds is 12. The molecule has 4 nitrogen and oxygen atoms in total. The van der Waals surface area contributed by atoms with Crippen molar-refractivity contribution >= 4 is 11.6 Å². The normalized spacial score (nSPS) is 12.0. The molecule has 1 amide bonds. The number of hydrogen-bond acceptors (Lipinski definition) is 3. The number of unbranched alkanes of at least 4 members (excludes halogenated alkanes) is 4. The van der Waals surface area contributed by atoms with E-state index in [1.54, 1.807) is 0 Å². The van der Waals surface area contributed by atoms with Gasteiger partial charge in [0.25, 0.3) is 0 Å². The van der Waals surface area contributed by atoms with Crippen LogP contribution in [0.25, 0.3) is 0 Å². The van der Waals surface area contributed by atoms with Gasteiger partial charge in [-0.05, 0) is 50.6 Å². The number of carbonyl (C=O) groups is 1. The Bertz CT molecular complexity index is 432. The van der Waals surface area contributed by atoms with E-state index in [1.807, 2.05) is 31.2 Å². The number of benzene rings is 1. The Morgan fingerprint density at radius 2 is 1.78 bits per heavy atom. The van der Waals surface area contributed by atoms with Gasteiger partial charge < -0.3 is 15.4 Å². The summed E-state index contributed by atoms with van der Waals surface area (Å²) in [5, 5.41) is 6.08. The maximum Gasteiger partial charge on any atom is 0.238 e. The summed E-state index contributed by atoms with van der Waals surface area (Å²) in [6.45, 7) is 7.61. The van der Waals surface area contributed by atoms with Crippen LogP contribution in [0.5, 0.6) is 5.75 Å². The van der Waals surface area contributed by atoms with E-state index in [-0.39, 0.29) is 12.0 Å². The maximum atomic E-state index is 11.9. The highest BCUT2D eigenvalue weighted by molar-refractivity contribution is 5.92. The van der Waals surface area contributed by atoms with Crippen LogP contribution in [0.1, 0.15) is 59.3 Å². The Labute approximate surface area is 141 Å². The second kappa shape index (κ2) is 11.9. The van der Waals surface area contributed by atoms with Crippen molar-refractivity contribution in [3.63, 3.8) is 0 Å². The predicted molar refractivity (Wildman–Crippen MR) is 97.1 cm³/mol. The summed E-state index contributed by atoms with van der Waals surface area (Å²) in [4.78, 5) is 11.9. The van der Waals surface area contributed by atoms with Crippen LogP contribution in [0.2, 0.25) is 0 Å². The lowest BCUT2D eigenvalue weighted by Gasteiger charge is -2.13. The fourth-order valence-electron chi connectivity index (χ4n) is 2.19. The Hall–Kier alpha value is -1.55. The summed E-state index contributed by atoms with van der Waals surface area (Å²) < 4.78 is 5.72. The number of nitrogens with one attached hydrogen (secondary N) is 2. The van der Waals surface area contributed by atoms with E-state index in [9.17, 15) is 4.79 Å². The molecule has 0 aromatic heterocycles. The number of anilines is 1. The minimum atomic E-state index is -0.00541. The second-order valence-corrected chi connectivity index (χ2v) is 6.00. The fourth-order valence-corrected chi connectivity index (χ4v) is 2.19. The molecule has 1 unspecified atom stereocenters. The third-order valence-corrected chi connectivity index (χ3v) is 3.79. The van der Waals surface area contributed by atoms with E-state index < -0.39 is 0 Å². The quantitative estimate of drug-likeness (QED) is 0.563. The lowest BCUT2D eigenvalue weighted by atomic mass is 10.1. The lowest BCUT2D eigenvalue weighted by molar-refractivity contribution is -0.115. The fraction of sp³-hybridized carbons (Fsp3) is 0.632. The summed E-state index contributed by atoms with van der Waals surface area (Å²) in [5.41, 5.74) is 0.802. The first kappa shape index (κ1) is 19.5. The second-order valence-electron chi connectivity index (χ2n) is 6.00. The van der Waals surface area contributed by atoms with Crippen LogP contribution in [0, 0.1) is 0 Å². The van der Waals surface area contributed by atoms with Gasteiger partial charge in [-0.25, -0.2) is 0 Å². The van der Waals surface area contributed by atoms with Crippen molar-refractivity contribution in [3.8, 4) is 5.75 Å². The van der Waals surface area contributed by atoms with Gasteiger partial charge in [0.05, 0.1) is 12.6 Å². The first-order valence-electron chi connectivity index (χ1n) is 8.93. The zero-order chi connectivity index (χ0) is 16.9. The first-order valence-corrected chi connectivity index (χ1v) is 8.93. The average molecular weight is 320 g/mol. The molecule has 2 N–H and O–H groups in total. The zero-order valence-corrected chi connectivity index (χ0v) is 14.9. The van der Waals surface area contributed by atoms with Crippen LogP contribution in [-0.2, 0) is 4.79 Å². The van der Waals surface area contributed by atoms with Gasteiger partial charge in [0, 0.05) is 5.69 Å². The van der Waals surface area contributed by atoms with E-state index >= 15 is 0 Å². The minimum Gasteiger partial charge on any atom is -0.491 e. The summed E-state index contributed by atoms with van der Waals surface area (Å²) in [7, 11) is 0. The van der Waals surface area contributed by atoms with Gasteiger partial charge >= 0.3 is 0 Å². The molecule has 0 heterocycles. The Morgan fingerprint density at radius 3 is 2.43 bits per heavy atom. The number of amides is 1.